The second kappa shape index (κ2) is 9.17. The van der Waals surface area contributed by atoms with Gasteiger partial charge in [0.2, 0.25) is 5.91 Å². The first-order chi connectivity index (χ1) is 15.1. The lowest BCUT2D eigenvalue weighted by molar-refractivity contribution is 0.100. The highest BCUT2D eigenvalue weighted by molar-refractivity contribution is 5.92. The summed E-state index contributed by atoms with van der Waals surface area (Å²) in [5.74, 6) is -0.232. The number of amides is 1. The summed E-state index contributed by atoms with van der Waals surface area (Å²) in [7, 11) is 0. The zero-order valence-corrected chi connectivity index (χ0v) is 17.1. The van der Waals surface area contributed by atoms with Crippen LogP contribution in [0.15, 0.2) is 91.3 Å². The number of carbonyl (C=O) groups is 1. The Balaban J connectivity index is 1.65. The van der Waals surface area contributed by atoms with E-state index in [-0.39, 0.29) is 5.75 Å². The third-order valence-corrected chi connectivity index (χ3v) is 5.19. The van der Waals surface area contributed by atoms with Crippen molar-refractivity contribution in [3.05, 3.63) is 102 Å². The summed E-state index contributed by atoms with van der Waals surface area (Å²) in [6.07, 6.45) is 3.67. The van der Waals surface area contributed by atoms with Gasteiger partial charge in [0.05, 0.1) is 12.2 Å². The molecule has 0 aliphatic heterocycles. The topological polar surface area (TPSA) is 84.4 Å². The van der Waals surface area contributed by atoms with Gasteiger partial charge in [-0.3, -0.25) is 9.48 Å². The number of aromatic nitrogens is 2. The van der Waals surface area contributed by atoms with Gasteiger partial charge >= 0.3 is 0 Å². The molecule has 1 aromatic heterocycles. The minimum Gasteiger partial charge on any atom is -0.506 e. The second-order valence-electron chi connectivity index (χ2n) is 7.32. The maximum Gasteiger partial charge on any atom is 0.248 e. The second-order valence-corrected chi connectivity index (χ2v) is 7.32. The van der Waals surface area contributed by atoms with Gasteiger partial charge in [-0.05, 0) is 47.0 Å². The largest absolute Gasteiger partial charge is 0.506 e. The number of primary amides is 1. The summed E-state index contributed by atoms with van der Waals surface area (Å²) in [6.45, 7) is 1.87. The first kappa shape index (κ1) is 20.2. The van der Waals surface area contributed by atoms with E-state index in [0.29, 0.717) is 25.2 Å². The van der Waals surface area contributed by atoms with Crippen molar-refractivity contribution in [3.63, 3.8) is 0 Å². The number of anilines is 1. The predicted octanol–water partition coefficient (Wildman–Crippen LogP) is 4.06. The summed E-state index contributed by atoms with van der Waals surface area (Å²) >= 11 is 0. The fourth-order valence-corrected chi connectivity index (χ4v) is 3.52. The van der Waals surface area contributed by atoms with Crippen molar-refractivity contribution in [1.82, 2.24) is 9.78 Å². The molecule has 0 unspecified atom stereocenters. The number of aromatic hydroxyl groups is 1. The third-order valence-electron chi connectivity index (χ3n) is 5.19. The monoisotopic (exact) mass is 412 g/mol. The van der Waals surface area contributed by atoms with Crippen LogP contribution in [0.25, 0.3) is 11.1 Å². The highest BCUT2D eigenvalue weighted by atomic mass is 16.3. The zero-order valence-electron chi connectivity index (χ0n) is 17.1. The van der Waals surface area contributed by atoms with Gasteiger partial charge in [0.25, 0.3) is 0 Å². The van der Waals surface area contributed by atoms with Crippen molar-refractivity contribution in [3.8, 4) is 16.9 Å². The van der Waals surface area contributed by atoms with E-state index in [2.05, 4.69) is 10.00 Å². The normalized spacial score (nSPS) is 10.7. The van der Waals surface area contributed by atoms with Crippen LogP contribution in [-0.2, 0) is 13.1 Å². The molecule has 3 aromatic carbocycles. The van der Waals surface area contributed by atoms with Crippen molar-refractivity contribution < 1.29 is 9.90 Å². The molecule has 0 atom stereocenters. The minimum absolute atomic E-state index is 0.217. The van der Waals surface area contributed by atoms with Crippen molar-refractivity contribution in [2.75, 3.05) is 11.4 Å². The molecule has 0 saturated carbocycles. The summed E-state index contributed by atoms with van der Waals surface area (Å²) < 4.78 is 1.86. The van der Waals surface area contributed by atoms with Crippen molar-refractivity contribution in [2.45, 2.75) is 13.1 Å². The summed E-state index contributed by atoms with van der Waals surface area (Å²) in [6, 6.07) is 24.8. The Hall–Kier alpha value is -4.06. The zero-order chi connectivity index (χ0) is 21.6. The number of carbonyl (C=O) groups excluding carboxylic acids is 1. The lowest BCUT2D eigenvalue weighted by Gasteiger charge is -2.26. The SMILES string of the molecule is NC(=O)c1ccc(CN(CCn2cccn2)c2cc(-c3ccccc3)ccc2O)cc1. The Kier molecular flexibility index (Phi) is 5.98. The van der Waals surface area contributed by atoms with E-state index in [1.54, 1.807) is 24.4 Å². The van der Waals surface area contributed by atoms with Gasteiger partial charge in [-0.15, -0.1) is 0 Å². The van der Waals surface area contributed by atoms with E-state index >= 15 is 0 Å². The molecule has 3 N–H and O–H groups in total. The Morgan fingerprint density at radius 3 is 2.42 bits per heavy atom. The molecule has 31 heavy (non-hydrogen) atoms. The van der Waals surface area contributed by atoms with Crippen LogP contribution in [0.5, 0.6) is 5.75 Å². The van der Waals surface area contributed by atoms with E-state index in [4.69, 9.17) is 5.73 Å². The average molecular weight is 412 g/mol. The molecule has 1 heterocycles. The van der Waals surface area contributed by atoms with Crippen LogP contribution in [0, 0.1) is 0 Å². The van der Waals surface area contributed by atoms with E-state index in [0.717, 1.165) is 22.4 Å². The summed E-state index contributed by atoms with van der Waals surface area (Å²) in [5, 5.41) is 15.0. The maximum atomic E-state index is 11.4. The molecule has 1 amide bonds. The van der Waals surface area contributed by atoms with Crippen LogP contribution in [0.1, 0.15) is 15.9 Å². The molecular weight excluding hydrogens is 388 g/mol. The number of hydrogen-bond acceptors (Lipinski definition) is 4. The van der Waals surface area contributed by atoms with Crippen LogP contribution in [0.3, 0.4) is 0 Å². The molecular formula is C25H24N4O2. The lowest BCUT2D eigenvalue weighted by Crippen LogP contribution is -2.27. The molecule has 0 radical (unpaired) electrons. The highest BCUT2D eigenvalue weighted by Crippen LogP contribution is 2.33. The average Bonchev–Trinajstić information content (AvgIpc) is 3.32. The van der Waals surface area contributed by atoms with E-state index < -0.39 is 5.91 Å². The van der Waals surface area contributed by atoms with Crippen molar-refractivity contribution in [2.24, 2.45) is 5.73 Å². The maximum absolute atomic E-state index is 11.4. The highest BCUT2D eigenvalue weighted by Gasteiger charge is 2.14. The van der Waals surface area contributed by atoms with Gasteiger partial charge in [-0.1, -0.05) is 48.5 Å². The number of phenols is 1. The Bertz CT molecular complexity index is 1140. The standard InChI is InChI=1S/C25H24N4O2/c26-25(31)21-9-7-19(8-10-21)18-28(15-16-29-14-4-13-27-29)23-17-22(11-12-24(23)30)20-5-2-1-3-6-20/h1-14,17,30H,15-16,18H2,(H2,26,31). The third kappa shape index (κ3) is 4.93. The van der Waals surface area contributed by atoms with Crippen LogP contribution in [0.2, 0.25) is 0 Å². The van der Waals surface area contributed by atoms with Gasteiger partial charge in [0.1, 0.15) is 5.75 Å². The first-order valence-electron chi connectivity index (χ1n) is 10.1. The molecule has 4 aromatic rings. The Morgan fingerprint density at radius 2 is 1.74 bits per heavy atom. The molecule has 0 aliphatic carbocycles. The van der Waals surface area contributed by atoms with E-state index in [1.165, 1.54) is 0 Å². The fraction of sp³-hybridized carbons (Fsp3) is 0.120. The molecule has 0 fully saturated rings. The van der Waals surface area contributed by atoms with Crippen molar-refractivity contribution in [1.29, 1.82) is 0 Å². The summed E-state index contributed by atoms with van der Waals surface area (Å²) in [5.41, 5.74) is 9.70. The number of phenolic OH excluding ortho intramolecular Hbond substituents is 1. The van der Waals surface area contributed by atoms with Crippen LogP contribution in [-0.4, -0.2) is 27.3 Å². The molecule has 0 aliphatic rings. The van der Waals surface area contributed by atoms with Gasteiger partial charge in [-0.2, -0.15) is 5.10 Å². The quantitative estimate of drug-likeness (QED) is 0.457. The molecule has 6 heteroatoms. The number of benzene rings is 3. The van der Waals surface area contributed by atoms with Gasteiger partial charge in [0.15, 0.2) is 0 Å². The number of nitrogens with two attached hydrogens (primary N) is 1. The van der Waals surface area contributed by atoms with Gasteiger partial charge in [0, 0.05) is 31.0 Å². The Morgan fingerprint density at radius 1 is 0.968 bits per heavy atom. The Labute approximate surface area is 181 Å². The van der Waals surface area contributed by atoms with Crippen LogP contribution in [0.4, 0.5) is 5.69 Å². The molecule has 0 bridgehead atoms. The fourth-order valence-electron chi connectivity index (χ4n) is 3.52. The molecule has 4 rings (SSSR count). The minimum atomic E-state index is -0.449. The summed E-state index contributed by atoms with van der Waals surface area (Å²) in [4.78, 5) is 13.5. The van der Waals surface area contributed by atoms with E-state index in [1.807, 2.05) is 71.5 Å². The van der Waals surface area contributed by atoms with E-state index in [9.17, 15) is 9.90 Å². The first-order valence-corrected chi connectivity index (χ1v) is 10.1. The van der Waals surface area contributed by atoms with Crippen LogP contribution >= 0.6 is 0 Å². The van der Waals surface area contributed by atoms with Crippen molar-refractivity contribution >= 4 is 11.6 Å². The van der Waals surface area contributed by atoms with Gasteiger partial charge in [-0.25, -0.2) is 0 Å². The number of nitrogens with zero attached hydrogens (tertiary/aromatic N) is 3. The lowest BCUT2D eigenvalue weighted by atomic mass is 10.0. The predicted molar refractivity (Wildman–Crippen MR) is 122 cm³/mol. The molecule has 6 nitrogen and oxygen atoms in total. The molecule has 0 saturated heterocycles. The number of rotatable bonds is 8. The van der Waals surface area contributed by atoms with Gasteiger partial charge < -0.3 is 15.7 Å². The number of hydrogen-bond donors (Lipinski definition) is 2. The molecule has 156 valence electrons. The smallest absolute Gasteiger partial charge is 0.248 e. The molecule has 0 spiro atoms. The van der Waals surface area contributed by atoms with Crippen LogP contribution < -0.4 is 10.6 Å².